The van der Waals surface area contributed by atoms with Crippen LogP contribution in [0.2, 0.25) is 0 Å². The van der Waals surface area contributed by atoms with Crippen LogP contribution in [0.5, 0.6) is 0 Å². The van der Waals surface area contributed by atoms with Crippen LogP contribution in [0.1, 0.15) is 27.9 Å². The molecule has 0 bridgehead atoms. The van der Waals surface area contributed by atoms with Gasteiger partial charge in [0.05, 0.1) is 11.5 Å². The number of carbonyl (C=O) groups excluding carboxylic acids is 2. The lowest BCUT2D eigenvalue weighted by Crippen LogP contribution is -2.13. The van der Waals surface area contributed by atoms with Gasteiger partial charge in [0, 0.05) is 31.0 Å². The van der Waals surface area contributed by atoms with E-state index in [0.717, 1.165) is 11.3 Å². The molecule has 0 aliphatic carbocycles. The highest BCUT2D eigenvalue weighted by Crippen LogP contribution is 2.14. The van der Waals surface area contributed by atoms with Gasteiger partial charge >= 0.3 is 5.97 Å². The summed E-state index contributed by atoms with van der Waals surface area (Å²) in [6.45, 7) is 3.72. The fourth-order valence-corrected chi connectivity index (χ4v) is 3.07. The van der Waals surface area contributed by atoms with E-state index in [1.807, 2.05) is 0 Å². The zero-order valence-electron chi connectivity index (χ0n) is 14.5. The third-order valence-electron chi connectivity index (χ3n) is 3.48. The highest BCUT2D eigenvalue weighted by Gasteiger charge is 2.16. The van der Waals surface area contributed by atoms with Crippen molar-refractivity contribution in [3.05, 3.63) is 61.4 Å². The van der Waals surface area contributed by atoms with Gasteiger partial charge in [-0.05, 0) is 25.5 Å². The van der Waals surface area contributed by atoms with Crippen molar-refractivity contribution in [2.45, 2.75) is 13.8 Å². The third-order valence-corrected chi connectivity index (χ3v) is 4.69. The van der Waals surface area contributed by atoms with Gasteiger partial charge in [-0.25, -0.2) is 4.79 Å². The maximum absolute atomic E-state index is 12.1. The molecule has 0 saturated heterocycles. The minimum Gasteiger partial charge on any atom is -0.462 e. The Morgan fingerprint density at radius 1 is 1.42 bits per heavy atom. The zero-order valence-corrected chi connectivity index (χ0v) is 15.3. The molecule has 0 aliphatic rings. The molecule has 26 heavy (non-hydrogen) atoms. The Balaban J connectivity index is 2.26. The number of hydrogen-bond donors (Lipinski definition) is 0. The molecule has 2 aromatic rings. The van der Waals surface area contributed by atoms with Crippen LogP contribution in [0.3, 0.4) is 0 Å². The van der Waals surface area contributed by atoms with Crippen LogP contribution in [0.4, 0.5) is 5.69 Å². The molecule has 9 heteroatoms. The monoisotopic (exact) mass is 375 g/mol. The van der Waals surface area contributed by atoms with Gasteiger partial charge in [-0.2, -0.15) is 4.99 Å². The van der Waals surface area contributed by atoms with E-state index in [1.54, 1.807) is 31.5 Å². The van der Waals surface area contributed by atoms with E-state index in [0.29, 0.717) is 20.9 Å². The number of nitro benzene ring substituents is 1. The maximum atomic E-state index is 12.1. The molecule has 0 spiro atoms. The number of thiazole rings is 1. The molecule has 0 fully saturated rings. The fraction of sp³-hybridized carbons (Fsp3) is 0.235. The SMILES string of the molecule is CCOC(=O)c1sc(=NC(=O)/C=C/c2cccc([N+](=O)[O-])c2)n(C)c1C. The summed E-state index contributed by atoms with van der Waals surface area (Å²) in [6, 6.07) is 5.91. The quantitative estimate of drug-likeness (QED) is 0.346. The van der Waals surface area contributed by atoms with Gasteiger partial charge in [-0.3, -0.25) is 14.9 Å². The maximum Gasteiger partial charge on any atom is 0.350 e. The number of aromatic nitrogens is 1. The molecule has 0 unspecified atom stereocenters. The first kappa shape index (κ1) is 19.3. The van der Waals surface area contributed by atoms with Crippen LogP contribution >= 0.6 is 11.3 Å². The summed E-state index contributed by atoms with van der Waals surface area (Å²) in [4.78, 5) is 38.9. The molecule has 0 radical (unpaired) electrons. The van der Waals surface area contributed by atoms with Crippen molar-refractivity contribution >= 4 is 35.0 Å². The van der Waals surface area contributed by atoms with E-state index in [9.17, 15) is 19.7 Å². The minimum absolute atomic E-state index is 0.0594. The number of esters is 1. The third kappa shape index (κ3) is 4.51. The summed E-state index contributed by atoms with van der Waals surface area (Å²) in [5, 5.41) is 10.8. The Kier molecular flexibility index (Phi) is 6.18. The van der Waals surface area contributed by atoms with Crippen LogP contribution in [0.25, 0.3) is 6.08 Å². The van der Waals surface area contributed by atoms with Crippen LogP contribution in [-0.2, 0) is 16.6 Å². The average Bonchev–Trinajstić information content (AvgIpc) is 2.89. The Morgan fingerprint density at radius 3 is 2.81 bits per heavy atom. The van der Waals surface area contributed by atoms with Crippen molar-refractivity contribution in [2.75, 3.05) is 6.61 Å². The van der Waals surface area contributed by atoms with Gasteiger partial charge in [-0.15, -0.1) is 0 Å². The molecule has 8 nitrogen and oxygen atoms in total. The summed E-state index contributed by atoms with van der Waals surface area (Å²) >= 11 is 1.07. The van der Waals surface area contributed by atoms with Crippen LogP contribution in [0.15, 0.2) is 35.3 Å². The number of rotatable bonds is 5. The summed E-state index contributed by atoms with van der Waals surface area (Å²) in [5.74, 6) is -0.990. The lowest BCUT2D eigenvalue weighted by atomic mass is 10.2. The zero-order chi connectivity index (χ0) is 19.3. The normalized spacial score (nSPS) is 11.7. The molecule has 1 amide bonds. The Morgan fingerprint density at radius 2 is 2.15 bits per heavy atom. The van der Waals surface area contributed by atoms with E-state index < -0.39 is 16.8 Å². The predicted octanol–water partition coefficient (Wildman–Crippen LogP) is 2.62. The number of nitro groups is 1. The smallest absolute Gasteiger partial charge is 0.350 e. The largest absolute Gasteiger partial charge is 0.462 e. The van der Waals surface area contributed by atoms with Crippen LogP contribution < -0.4 is 4.80 Å². The fourth-order valence-electron chi connectivity index (χ4n) is 2.05. The van der Waals surface area contributed by atoms with Crippen molar-refractivity contribution in [2.24, 2.45) is 12.0 Å². The van der Waals surface area contributed by atoms with Gasteiger partial charge in [0.2, 0.25) is 0 Å². The second-order valence-corrected chi connectivity index (χ2v) is 6.19. The molecule has 0 N–H and O–H groups in total. The first-order valence-corrected chi connectivity index (χ1v) is 8.50. The van der Waals surface area contributed by atoms with Crippen molar-refractivity contribution in [3.8, 4) is 0 Å². The molecule has 1 heterocycles. The number of amides is 1. The van der Waals surface area contributed by atoms with Gasteiger partial charge in [0.15, 0.2) is 4.80 Å². The van der Waals surface area contributed by atoms with Gasteiger partial charge in [-0.1, -0.05) is 23.5 Å². The highest BCUT2D eigenvalue weighted by molar-refractivity contribution is 7.11. The topological polar surface area (TPSA) is 104 Å². The lowest BCUT2D eigenvalue weighted by Gasteiger charge is -2.00. The highest BCUT2D eigenvalue weighted by atomic mass is 32.1. The van der Waals surface area contributed by atoms with Crippen molar-refractivity contribution < 1.29 is 19.2 Å². The van der Waals surface area contributed by atoms with E-state index in [-0.39, 0.29) is 12.3 Å². The summed E-state index contributed by atoms with van der Waals surface area (Å²) < 4.78 is 6.62. The number of carbonyl (C=O) groups is 2. The van der Waals surface area contributed by atoms with Gasteiger partial charge in [0.25, 0.3) is 11.6 Å². The summed E-state index contributed by atoms with van der Waals surface area (Å²) in [6.07, 6.45) is 2.67. The molecule has 136 valence electrons. The van der Waals surface area contributed by atoms with Gasteiger partial charge in [0.1, 0.15) is 4.88 Å². The molecular formula is C17H17N3O5S. The summed E-state index contributed by atoms with van der Waals surface area (Å²) in [7, 11) is 1.70. The molecular weight excluding hydrogens is 358 g/mol. The second kappa shape index (κ2) is 8.34. The van der Waals surface area contributed by atoms with Crippen molar-refractivity contribution in [1.82, 2.24) is 4.57 Å². The Labute approximate surface area is 153 Å². The molecule has 0 aliphatic heterocycles. The van der Waals surface area contributed by atoms with E-state index in [4.69, 9.17) is 4.74 Å². The Hall–Kier alpha value is -3.07. The number of hydrogen-bond acceptors (Lipinski definition) is 6. The average molecular weight is 375 g/mol. The van der Waals surface area contributed by atoms with E-state index in [1.165, 1.54) is 30.4 Å². The standard InChI is InChI=1S/C17H17N3O5S/c1-4-25-16(22)15-11(2)19(3)17(26-15)18-14(21)9-8-12-6-5-7-13(10-12)20(23)24/h5-10H,4H2,1-3H3/b9-8+,18-17?. The first-order chi connectivity index (χ1) is 12.3. The molecule has 0 saturated carbocycles. The van der Waals surface area contributed by atoms with Crippen molar-refractivity contribution in [3.63, 3.8) is 0 Å². The molecule has 1 aromatic heterocycles. The van der Waals surface area contributed by atoms with Crippen LogP contribution in [0, 0.1) is 17.0 Å². The number of benzene rings is 1. The predicted molar refractivity (Wildman–Crippen MR) is 96.7 cm³/mol. The number of non-ortho nitro benzene ring substituents is 1. The van der Waals surface area contributed by atoms with E-state index in [2.05, 4.69) is 4.99 Å². The molecule has 1 aromatic carbocycles. The minimum atomic E-state index is -0.538. The Bertz CT molecular complexity index is 956. The number of nitrogens with zero attached hydrogens (tertiary/aromatic N) is 3. The first-order valence-electron chi connectivity index (χ1n) is 7.68. The molecule has 0 atom stereocenters. The molecule has 2 rings (SSSR count). The van der Waals surface area contributed by atoms with Crippen molar-refractivity contribution in [1.29, 1.82) is 0 Å². The van der Waals surface area contributed by atoms with E-state index >= 15 is 0 Å². The van der Waals surface area contributed by atoms with Crippen LogP contribution in [-0.4, -0.2) is 28.0 Å². The lowest BCUT2D eigenvalue weighted by molar-refractivity contribution is -0.384. The summed E-state index contributed by atoms with van der Waals surface area (Å²) in [5.41, 5.74) is 1.11. The second-order valence-electron chi connectivity index (χ2n) is 5.21. The van der Waals surface area contributed by atoms with Gasteiger partial charge < -0.3 is 9.30 Å². The number of ether oxygens (including phenoxy) is 1.